The molecule has 2 heterocycles. The minimum absolute atomic E-state index is 0.299. The summed E-state index contributed by atoms with van der Waals surface area (Å²) in [5.41, 5.74) is 1.86. The molecule has 88 valence electrons. The maximum absolute atomic E-state index is 4.43. The van der Waals surface area contributed by atoms with Crippen LogP contribution in [0.2, 0.25) is 0 Å². The lowest BCUT2D eigenvalue weighted by molar-refractivity contribution is 0.576. The van der Waals surface area contributed by atoms with Crippen molar-refractivity contribution in [1.82, 2.24) is 15.0 Å². The van der Waals surface area contributed by atoms with Gasteiger partial charge >= 0.3 is 0 Å². The van der Waals surface area contributed by atoms with Crippen LogP contribution in [-0.2, 0) is 5.54 Å². The first-order chi connectivity index (χ1) is 8.09. The summed E-state index contributed by atoms with van der Waals surface area (Å²) in [5, 5.41) is 3.29. The van der Waals surface area contributed by atoms with Crippen molar-refractivity contribution in [3.63, 3.8) is 0 Å². The van der Waals surface area contributed by atoms with Gasteiger partial charge in [-0.05, 0) is 38.5 Å². The van der Waals surface area contributed by atoms with Crippen LogP contribution in [0.4, 0.5) is 5.95 Å². The van der Waals surface area contributed by atoms with Crippen LogP contribution in [0.15, 0.2) is 36.8 Å². The van der Waals surface area contributed by atoms with Crippen molar-refractivity contribution in [3.05, 3.63) is 48.0 Å². The Balaban J connectivity index is 2.28. The van der Waals surface area contributed by atoms with E-state index in [1.165, 1.54) is 0 Å². The molecule has 2 rings (SSSR count). The lowest BCUT2D eigenvalue weighted by atomic mass is 9.96. The monoisotopic (exact) mass is 228 g/mol. The number of aromatic nitrogens is 3. The molecule has 0 radical (unpaired) electrons. The molecule has 0 aliphatic rings. The Morgan fingerprint density at radius 1 is 1.00 bits per heavy atom. The van der Waals surface area contributed by atoms with Crippen molar-refractivity contribution in [3.8, 4) is 0 Å². The summed E-state index contributed by atoms with van der Waals surface area (Å²) in [6.45, 7) is 6.19. The third kappa shape index (κ3) is 2.58. The van der Waals surface area contributed by atoms with Crippen LogP contribution in [-0.4, -0.2) is 15.0 Å². The van der Waals surface area contributed by atoms with E-state index in [-0.39, 0.29) is 5.54 Å². The zero-order valence-electron chi connectivity index (χ0n) is 10.3. The highest BCUT2D eigenvalue weighted by atomic mass is 15.1. The zero-order valence-corrected chi connectivity index (χ0v) is 10.3. The van der Waals surface area contributed by atoms with Gasteiger partial charge in [-0.15, -0.1) is 0 Å². The minimum Gasteiger partial charge on any atom is -0.344 e. The van der Waals surface area contributed by atoms with Gasteiger partial charge in [-0.1, -0.05) is 6.07 Å². The van der Waals surface area contributed by atoms with Crippen LogP contribution in [0.3, 0.4) is 0 Å². The summed E-state index contributed by atoms with van der Waals surface area (Å²) in [5.74, 6) is 0.613. The molecule has 1 N–H and O–H groups in total. The topological polar surface area (TPSA) is 50.7 Å². The molecular formula is C13H16N4. The molecule has 0 saturated heterocycles. The van der Waals surface area contributed by atoms with E-state index >= 15 is 0 Å². The minimum atomic E-state index is -0.299. The Kier molecular flexibility index (Phi) is 3.04. The number of pyridine rings is 1. The molecule has 0 amide bonds. The summed E-state index contributed by atoms with van der Waals surface area (Å²) in [6.07, 6.45) is 5.24. The van der Waals surface area contributed by atoms with Gasteiger partial charge in [0.05, 0.1) is 11.2 Å². The first-order valence-electron chi connectivity index (χ1n) is 5.57. The summed E-state index contributed by atoms with van der Waals surface area (Å²) in [6, 6.07) is 5.79. The average Bonchev–Trinajstić information content (AvgIpc) is 2.30. The van der Waals surface area contributed by atoms with Gasteiger partial charge in [-0.25, -0.2) is 9.97 Å². The predicted octanol–water partition coefficient (Wildman–Crippen LogP) is 2.53. The molecule has 0 aliphatic heterocycles. The van der Waals surface area contributed by atoms with Crippen LogP contribution in [0.5, 0.6) is 0 Å². The van der Waals surface area contributed by atoms with E-state index in [1.54, 1.807) is 24.7 Å². The molecule has 0 atom stereocenters. The third-order valence-electron chi connectivity index (χ3n) is 2.59. The predicted molar refractivity (Wildman–Crippen MR) is 67.7 cm³/mol. The second-order valence-electron chi connectivity index (χ2n) is 4.49. The Hall–Kier alpha value is -1.97. The number of nitrogens with one attached hydrogen (secondary N) is 1. The highest BCUT2D eigenvalue weighted by Gasteiger charge is 2.24. The van der Waals surface area contributed by atoms with E-state index in [0.717, 1.165) is 11.3 Å². The lowest BCUT2D eigenvalue weighted by Gasteiger charge is -2.27. The van der Waals surface area contributed by atoms with Crippen molar-refractivity contribution >= 4 is 5.95 Å². The SMILES string of the molecule is Cc1cccnc1C(C)(C)Nc1ncccn1. The van der Waals surface area contributed by atoms with Crippen molar-refractivity contribution in [2.24, 2.45) is 0 Å². The van der Waals surface area contributed by atoms with Crippen molar-refractivity contribution in [2.75, 3.05) is 5.32 Å². The molecule has 0 aromatic carbocycles. The van der Waals surface area contributed by atoms with Crippen molar-refractivity contribution in [2.45, 2.75) is 26.3 Å². The van der Waals surface area contributed by atoms with Crippen LogP contribution in [0, 0.1) is 6.92 Å². The van der Waals surface area contributed by atoms with Gasteiger partial charge in [0.1, 0.15) is 0 Å². The Morgan fingerprint density at radius 2 is 1.65 bits per heavy atom. The number of rotatable bonds is 3. The first kappa shape index (κ1) is 11.5. The van der Waals surface area contributed by atoms with E-state index in [2.05, 4.69) is 47.1 Å². The largest absolute Gasteiger partial charge is 0.344 e. The van der Waals surface area contributed by atoms with Gasteiger partial charge in [-0.2, -0.15) is 0 Å². The van der Waals surface area contributed by atoms with Gasteiger partial charge in [0.15, 0.2) is 0 Å². The summed E-state index contributed by atoms with van der Waals surface area (Å²) in [4.78, 5) is 12.8. The number of anilines is 1. The fourth-order valence-corrected chi connectivity index (χ4v) is 1.84. The molecule has 0 bridgehead atoms. The fourth-order valence-electron chi connectivity index (χ4n) is 1.84. The summed E-state index contributed by atoms with van der Waals surface area (Å²) in [7, 11) is 0. The molecule has 2 aromatic heterocycles. The normalized spacial score (nSPS) is 11.2. The van der Waals surface area contributed by atoms with Crippen molar-refractivity contribution < 1.29 is 0 Å². The van der Waals surface area contributed by atoms with Crippen molar-refractivity contribution in [1.29, 1.82) is 0 Å². The van der Waals surface area contributed by atoms with E-state index in [1.807, 2.05) is 6.07 Å². The average molecular weight is 228 g/mol. The van der Waals surface area contributed by atoms with Gasteiger partial charge in [0.25, 0.3) is 0 Å². The quantitative estimate of drug-likeness (QED) is 0.877. The summed E-state index contributed by atoms with van der Waals surface area (Å²) < 4.78 is 0. The maximum Gasteiger partial charge on any atom is 0.223 e. The van der Waals surface area contributed by atoms with Crippen LogP contribution in [0.1, 0.15) is 25.1 Å². The highest BCUT2D eigenvalue weighted by molar-refractivity contribution is 5.35. The number of aryl methyl sites for hydroxylation is 1. The molecule has 4 nitrogen and oxygen atoms in total. The summed E-state index contributed by atoms with van der Waals surface area (Å²) >= 11 is 0. The second kappa shape index (κ2) is 4.49. The van der Waals surface area contributed by atoms with Crippen LogP contribution >= 0.6 is 0 Å². The van der Waals surface area contributed by atoms with E-state index in [9.17, 15) is 0 Å². The van der Waals surface area contributed by atoms with Crippen LogP contribution < -0.4 is 5.32 Å². The number of nitrogens with zero attached hydrogens (tertiary/aromatic N) is 3. The van der Waals surface area contributed by atoms with E-state index in [4.69, 9.17) is 0 Å². The maximum atomic E-state index is 4.43. The molecule has 17 heavy (non-hydrogen) atoms. The van der Waals surface area contributed by atoms with Gasteiger partial charge in [-0.3, -0.25) is 4.98 Å². The molecule has 0 saturated carbocycles. The number of hydrogen-bond donors (Lipinski definition) is 1. The molecule has 0 aliphatic carbocycles. The van der Waals surface area contributed by atoms with E-state index in [0.29, 0.717) is 5.95 Å². The molecule has 2 aromatic rings. The van der Waals surface area contributed by atoms with Crippen LogP contribution in [0.25, 0.3) is 0 Å². The standard InChI is InChI=1S/C13H16N4/c1-10-6-4-7-14-11(10)13(2,3)17-12-15-8-5-9-16-12/h4-9H,1-3H3,(H,15,16,17). The third-order valence-corrected chi connectivity index (χ3v) is 2.59. The lowest BCUT2D eigenvalue weighted by Crippen LogP contribution is -2.31. The first-order valence-corrected chi connectivity index (χ1v) is 5.57. The Morgan fingerprint density at radius 3 is 2.29 bits per heavy atom. The molecule has 4 heteroatoms. The van der Waals surface area contributed by atoms with Gasteiger partial charge in [0, 0.05) is 18.6 Å². The Labute approximate surface area is 101 Å². The zero-order chi connectivity index (χ0) is 12.3. The highest BCUT2D eigenvalue weighted by Crippen LogP contribution is 2.24. The Bertz CT molecular complexity index is 494. The second-order valence-corrected chi connectivity index (χ2v) is 4.49. The molecule has 0 fully saturated rings. The smallest absolute Gasteiger partial charge is 0.223 e. The molecular weight excluding hydrogens is 212 g/mol. The van der Waals surface area contributed by atoms with Gasteiger partial charge < -0.3 is 5.32 Å². The fraction of sp³-hybridized carbons (Fsp3) is 0.308. The van der Waals surface area contributed by atoms with E-state index < -0.39 is 0 Å². The molecule has 0 unspecified atom stereocenters. The molecule has 0 spiro atoms. The van der Waals surface area contributed by atoms with Gasteiger partial charge in [0.2, 0.25) is 5.95 Å². The number of hydrogen-bond acceptors (Lipinski definition) is 4.